The molecule has 1 aliphatic rings. The quantitative estimate of drug-likeness (QED) is 0.882. The van der Waals surface area contributed by atoms with Crippen LogP contribution in [0.25, 0.3) is 0 Å². The third-order valence-corrected chi connectivity index (χ3v) is 3.14. The van der Waals surface area contributed by atoms with Gasteiger partial charge >= 0.3 is 0 Å². The molecule has 1 heterocycles. The molecule has 1 saturated heterocycles. The van der Waals surface area contributed by atoms with Crippen LogP contribution in [0.15, 0.2) is 18.2 Å². The molecule has 0 aliphatic carbocycles. The highest BCUT2D eigenvalue weighted by Crippen LogP contribution is 2.24. The van der Waals surface area contributed by atoms with E-state index in [1.807, 2.05) is 6.92 Å². The molecule has 94 valence electrons. The van der Waals surface area contributed by atoms with E-state index in [4.69, 9.17) is 4.74 Å². The molecule has 1 aliphatic heterocycles. The van der Waals surface area contributed by atoms with Crippen LogP contribution in [-0.2, 0) is 11.2 Å². The number of rotatable bonds is 3. The van der Waals surface area contributed by atoms with Gasteiger partial charge in [0.05, 0.1) is 18.3 Å². The molecule has 2 rings (SSSR count). The number of aliphatic hydroxyl groups excluding tert-OH is 1. The lowest BCUT2D eigenvalue weighted by Crippen LogP contribution is -2.28. The summed E-state index contributed by atoms with van der Waals surface area (Å²) in [5.74, 6) is -1.22. The van der Waals surface area contributed by atoms with E-state index < -0.39 is 17.7 Å². The Hall–Kier alpha value is -1.00. The van der Waals surface area contributed by atoms with Gasteiger partial charge in [0, 0.05) is 12.5 Å². The fourth-order valence-corrected chi connectivity index (χ4v) is 2.16. The Bertz CT molecular complexity index is 395. The van der Waals surface area contributed by atoms with Crippen molar-refractivity contribution >= 4 is 0 Å². The summed E-state index contributed by atoms with van der Waals surface area (Å²) < 4.78 is 31.6. The Kier molecular flexibility index (Phi) is 3.74. The van der Waals surface area contributed by atoms with Crippen molar-refractivity contribution in [2.45, 2.75) is 44.5 Å². The fraction of sp³-hybridized carbons (Fsp3) is 0.538. The van der Waals surface area contributed by atoms with Gasteiger partial charge in [0.1, 0.15) is 11.6 Å². The first-order chi connectivity index (χ1) is 8.06. The van der Waals surface area contributed by atoms with Crippen molar-refractivity contribution in [1.29, 1.82) is 0 Å². The van der Waals surface area contributed by atoms with Crippen molar-refractivity contribution in [3.8, 4) is 0 Å². The minimum atomic E-state index is -0.736. The molecular weight excluding hydrogens is 226 g/mol. The minimum absolute atomic E-state index is 0.146. The Morgan fingerprint density at radius 1 is 1.41 bits per heavy atom. The molecule has 2 nitrogen and oxygen atoms in total. The predicted octanol–water partition coefficient (Wildman–Crippen LogP) is 2.44. The van der Waals surface area contributed by atoms with Gasteiger partial charge < -0.3 is 9.84 Å². The number of benzene rings is 1. The van der Waals surface area contributed by atoms with Gasteiger partial charge in [-0.05, 0) is 31.4 Å². The zero-order chi connectivity index (χ0) is 12.4. The van der Waals surface area contributed by atoms with Crippen molar-refractivity contribution in [3.63, 3.8) is 0 Å². The van der Waals surface area contributed by atoms with Crippen LogP contribution in [0.5, 0.6) is 0 Å². The maximum atomic E-state index is 13.4. The second kappa shape index (κ2) is 5.10. The SMILES string of the molecule is CC1CCC(C(O)Cc2ccc(F)cc2F)O1. The Labute approximate surface area is 99.2 Å². The summed E-state index contributed by atoms with van der Waals surface area (Å²) in [7, 11) is 0. The average molecular weight is 242 g/mol. The van der Waals surface area contributed by atoms with Gasteiger partial charge in [0.15, 0.2) is 0 Å². The highest BCUT2D eigenvalue weighted by atomic mass is 19.1. The highest BCUT2D eigenvalue weighted by molar-refractivity contribution is 5.19. The monoisotopic (exact) mass is 242 g/mol. The predicted molar refractivity (Wildman–Crippen MR) is 59.6 cm³/mol. The van der Waals surface area contributed by atoms with E-state index in [0.29, 0.717) is 5.56 Å². The van der Waals surface area contributed by atoms with Crippen LogP contribution >= 0.6 is 0 Å². The lowest BCUT2D eigenvalue weighted by Gasteiger charge is -2.18. The third kappa shape index (κ3) is 3.01. The molecule has 1 aromatic carbocycles. The van der Waals surface area contributed by atoms with E-state index in [-0.39, 0.29) is 18.6 Å². The largest absolute Gasteiger partial charge is 0.390 e. The highest BCUT2D eigenvalue weighted by Gasteiger charge is 2.28. The lowest BCUT2D eigenvalue weighted by molar-refractivity contribution is -0.0281. The Morgan fingerprint density at radius 3 is 2.76 bits per heavy atom. The second-order valence-electron chi connectivity index (χ2n) is 4.57. The van der Waals surface area contributed by atoms with Gasteiger partial charge in [0.2, 0.25) is 0 Å². The van der Waals surface area contributed by atoms with Crippen LogP contribution in [0.1, 0.15) is 25.3 Å². The minimum Gasteiger partial charge on any atom is -0.390 e. The molecule has 0 aromatic heterocycles. The first kappa shape index (κ1) is 12.5. The Morgan fingerprint density at radius 2 is 2.18 bits per heavy atom. The first-order valence-electron chi connectivity index (χ1n) is 5.83. The third-order valence-electron chi connectivity index (χ3n) is 3.14. The van der Waals surface area contributed by atoms with Crippen LogP contribution in [0.4, 0.5) is 8.78 Å². The summed E-state index contributed by atoms with van der Waals surface area (Å²) >= 11 is 0. The maximum absolute atomic E-state index is 13.4. The fourth-order valence-electron chi connectivity index (χ4n) is 2.16. The van der Waals surface area contributed by atoms with Gasteiger partial charge in [0.25, 0.3) is 0 Å². The number of halogens is 2. The zero-order valence-corrected chi connectivity index (χ0v) is 9.70. The molecule has 1 N–H and O–H groups in total. The van der Waals surface area contributed by atoms with Crippen molar-refractivity contribution in [3.05, 3.63) is 35.4 Å². The van der Waals surface area contributed by atoms with Gasteiger partial charge in [-0.25, -0.2) is 8.78 Å². The molecule has 0 bridgehead atoms. The van der Waals surface area contributed by atoms with Gasteiger partial charge in [-0.15, -0.1) is 0 Å². The van der Waals surface area contributed by atoms with Gasteiger partial charge in [-0.1, -0.05) is 6.07 Å². The molecule has 3 atom stereocenters. The van der Waals surface area contributed by atoms with Crippen LogP contribution in [0.2, 0.25) is 0 Å². The van der Waals surface area contributed by atoms with Crippen LogP contribution in [-0.4, -0.2) is 23.4 Å². The zero-order valence-electron chi connectivity index (χ0n) is 9.70. The Balaban J connectivity index is 2.00. The lowest BCUT2D eigenvalue weighted by atomic mass is 10.0. The summed E-state index contributed by atoms with van der Waals surface area (Å²) in [6, 6.07) is 3.40. The molecule has 3 unspecified atom stereocenters. The summed E-state index contributed by atoms with van der Waals surface area (Å²) in [5.41, 5.74) is 0.321. The molecule has 0 saturated carbocycles. The standard InChI is InChI=1S/C13H16F2O2/c1-8-2-5-13(17-8)12(16)6-9-3-4-10(14)7-11(9)15/h3-4,7-8,12-13,16H,2,5-6H2,1H3. The summed E-state index contributed by atoms with van der Waals surface area (Å²) in [4.78, 5) is 0. The molecule has 0 spiro atoms. The number of hydrogen-bond donors (Lipinski definition) is 1. The number of ether oxygens (including phenoxy) is 1. The first-order valence-corrected chi connectivity index (χ1v) is 5.83. The normalized spacial score (nSPS) is 26.1. The van der Waals surface area contributed by atoms with E-state index >= 15 is 0 Å². The maximum Gasteiger partial charge on any atom is 0.129 e. The molecular formula is C13H16F2O2. The summed E-state index contributed by atoms with van der Waals surface area (Å²) in [6.45, 7) is 1.95. The number of hydrogen-bond acceptors (Lipinski definition) is 2. The van der Waals surface area contributed by atoms with Crippen LogP contribution in [0, 0.1) is 11.6 Å². The molecule has 0 amide bonds. The summed E-state index contributed by atoms with van der Waals surface area (Å²) in [6.07, 6.45) is 1.02. The number of aliphatic hydroxyl groups is 1. The van der Waals surface area contributed by atoms with Crippen molar-refractivity contribution < 1.29 is 18.6 Å². The molecule has 17 heavy (non-hydrogen) atoms. The topological polar surface area (TPSA) is 29.5 Å². The van der Waals surface area contributed by atoms with Crippen LogP contribution in [0.3, 0.4) is 0 Å². The van der Waals surface area contributed by atoms with E-state index in [1.54, 1.807) is 0 Å². The molecule has 0 radical (unpaired) electrons. The molecule has 1 aromatic rings. The average Bonchev–Trinajstić information content (AvgIpc) is 2.69. The molecule has 4 heteroatoms. The second-order valence-corrected chi connectivity index (χ2v) is 4.57. The van der Waals surface area contributed by atoms with Crippen molar-refractivity contribution in [2.24, 2.45) is 0 Å². The van der Waals surface area contributed by atoms with E-state index in [9.17, 15) is 13.9 Å². The van der Waals surface area contributed by atoms with Gasteiger partial charge in [-0.3, -0.25) is 0 Å². The van der Waals surface area contributed by atoms with E-state index in [0.717, 1.165) is 18.9 Å². The van der Waals surface area contributed by atoms with E-state index in [1.165, 1.54) is 12.1 Å². The van der Waals surface area contributed by atoms with Crippen molar-refractivity contribution in [2.75, 3.05) is 0 Å². The summed E-state index contributed by atoms with van der Waals surface area (Å²) in [5, 5.41) is 9.93. The van der Waals surface area contributed by atoms with Crippen LogP contribution < -0.4 is 0 Å². The van der Waals surface area contributed by atoms with Gasteiger partial charge in [-0.2, -0.15) is 0 Å². The van der Waals surface area contributed by atoms with E-state index in [2.05, 4.69) is 0 Å². The molecule has 1 fully saturated rings. The van der Waals surface area contributed by atoms with Crippen molar-refractivity contribution in [1.82, 2.24) is 0 Å². The smallest absolute Gasteiger partial charge is 0.129 e.